The van der Waals surface area contributed by atoms with Crippen LogP contribution in [0.15, 0.2) is 24.3 Å². The zero-order valence-electron chi connectivity index (χ0n) is 36.5. The summed E-state index contributed by atoms with van der Waals surface area (Å²) < 4.78 is 26.4. The lowest BCUT2D eigenvalue weighted by atomic mass is 10.0. The van der Waals surface area contributed by atoms with E-state index in [2.05, 4.69) is 42.7 Å². The first-order valence-electron chi connectivity index (χ1n) is 23.6. The van der Waals surface area contributed by atoms with Gasteiger partial charge in [-0.1, -0.05) is 212 Å². The number of phosphoric ester groups is 1. The Kier molecular flexibility index (Phi) is 42.0. The van der Waals surface area contributed by atoms with Crippen molar-refractivity contribution >= 4 is 19.8 Å². The standard InChI is InChI=1S/C47H89O8P/c1-3-5-7-9-11-13-15-17-19-20-21-22-23-24-25-26-28-29-31-33-35-37-39-41-46(48)53-43-45(44-54-56(50,51)52)55-47(49)42-40-38-36-34-32-30-27-18-16-14-12-10-8-6-4-2/h18,27,32,34,45H,3-17,19-26,28-31,33,35-44H2,1-2H3,(H2,50,51,52)/b27-18+,34-32+/t45-/m1/s1. The summed E-state index contributed by atoms with van der Waals surface area (Å²) in [5.74, 6) is -0.911. The largest absolute Gasteiger partial charge is 0.469 e. The maximum absolute atomic E-state index is 12.4. The van der Waals surface area contributed by atoms with Crippen LogP contribution in [0, 0.1) is 0 Å². The number of hydrogen-bond donors (Lipinski definition) is 2. The maximum atomic E-state index is 12.4. The fraction of sp³-hybridized carbons (Fsp3) is 0.872. The van der Waals surface area contributed by atoms with Crippen LogP contribution < -0.4 is 0 Å². The summed E-state index contributed by atoms with van der Waals surface area (Å²) in [7, 11) is -4.76. The van der Waals surface area contributed by atoms with Crippen LogP contribution in [-0.4, -0.2) is 41.0 Å². The molecular formula is C47H89O8P. The van der Waals surface area contributed by atoms with E-state index in [4.69, 9.17) is 19.3 Å². The molecule has 0 aromatic carbocycles. The van der Waals surface area contributed by atoms with Gasteiger partial charge in [0, 0.05) is 12.8 Å². The molecule has 0 aliphatic rings. The van der Waals surface area contributed by atoms with Gasteiger partial charge in [0.25, 0.3) is 0 Å². The van der Waals surface area contributed by atoms with Crippen LogP contribution in [0.4, 0.5) is 0 Å². The van der Waals surface area contributed by atoms with Gasteiger partial charge in [0.05, 0.1) is 6.61 Å². The number of carbonyl (C=O) groups excluding carboxylic acids is 2. The van der Waals surface area contributed by atoms with Crippen LogP contribution >= 0.6 is 7.82 Å². The topological polar surface area (TPSA) is 119 Å². The van der Waals surface area contributed by atoms with Crippen LogP contribution in [-0.2, 0) is 28.2 Å². The molecular weight excluding hydrogens is 723 g/mol. The molecule has 0 rings (SSSR count). The minimum Gasteiger partial charge on any atom is -0.462 e. The minimum atomic E-state index is -4.76. The number of esters is 2. The monoisotopic (exact) mass is 813 g/mol. The Labute approximate surface area is 345 Å². The summed E-state index contributed by atoms with van der Waals surface area (Å²) in [6.07, 6.45) is 50.6. The number of ether oxygens (including phenoxy) is 2. The summed E-state index contributed by atoms with van der Waals surface area (Å²) >= 11 is 0. The first-order chi connectivity index (χ1) is 27.3. The predicted molar refractivity (Wildman–Crippen MR) is 235 cm³/mol. The van der Waals surface area contributed by atoms with Crippen molar-refractivity contribution in [1.82, 2.24) is 0 Å². The smallest absolute Gasteiger partial charge is 0.462 e. The second-order valence-electron chi connectivity index (χ2n) is 16.1. The molecule has 0 heterocycles. The Hall–Kier alpha value is -1.47. The first-order valence-corrected chi connectivity index (χ1v) is 25.2. The molecule has 0 saturated heterocycles. The number of hydrogen-bond acceptors (Lipinski definition) is 6. The Morgan fingerprint density at radius 3 is 1.21 bits per heavy atom. The molecule has 8 nitrogen and oxygen atoms in total. The lowest BCUT2D eigenvalue weighted by Gasteiger charge is -2.18. The molecule has 0 aliphatic heterocycles. The highest BCUT2D eigenvalue weighted by Crippen LogP contribution is 2.36. The van der Waals surface area contributed by atoms with Crippen LogP contribution in [0.2, 0.25) is 0 Å². The fourth-order valence-corrected chi connectivity index (χ4v) is 7.30. The van der Waals surface area contributed by atoms with Gasteiger partial charge in [0.2, 0.25) is 0 Å². The summed E-state index contributed by atoms with van der Waals surface area (Å²) in [5.41, 5.74) is 0. The molecule has 0 aromatic heterocycles. The summed E-state index contributed by atoms with van der Waals surface area (Å²) in [6.45, 7) is 3.68. The van der Waals surface area contributed by atoms with E-state index in [0.29, 0.717) is 6.42 Å². The molecule has 56 heavy (non-hydrogen) atoms. The zero-order chi connectivity index (χ0) is 41.1. The van der Waals surface area contributed by atoms with Crippen molar-refractivity contribution in [1.29, 1.82) is 0 Å². The SMILES string of the molecule is CCCCCCCC/C=C/C/C=C/CCCCC(=O)O[C@H](COC(=O)CCCCCCCCCCCCCCCCCCCCCCCCC)COP(=O)(O)O. The molecule has 1 atom stereocenters. The third-order valence-electron chi connectivity index (χ3n) is 10.5. The van der Waals surface area contributed by atoms with E-state index in [-0.39, 0.29) is 19.4 Å². The van der Waals surface area contributed by atoms with Gasteiger partial charge in [-0.05, 0) is 44.9 Å². The number of carbonyl (C=O) groups is 2. The Bertz CT molecular complexity index is 962. The lowest BCUT2D eigenvalue weighted by molar-refractivity contribution is -0.161. The van der Waals surface area contributed by atoms with Gasteiger partial charge in [-0.15, -0.1) is 0 Å². The maximum Gasteiger partial charge on any atom is 0.469 e. The van der Waals surface area contributed by atoms with Crippen molar-refractivity contribution < 1.29 is 37.9 Å². The van der Waals surface area contributed by atoms with E-state index in [1.807, 2.05) is 0 Å². The van der Waals surface area contributed by atoms with Gasteiger partial charge in [0.15, 0.2) is 6.10 Å². The molecule has 0 spiro atoms. The van der Waals surface area contributed by atoms with Crippen molar-refractivity contribution in [2.45, 2.75) is 251 Å². The van der Waals surface area contributed by atoms with E-state index in [9.17, 15) is 14.2 Å². The molecule has 0 amide bonds. The molecule has 0 aromatic rings. The van der Waals surface area contributed by atoms with Gasteiger partial charge in [-0.3, -0.25) is 14.1 Å². The van der Waals surface area contributed by atoms with Crippen LogP contribution in [0.5, 0.6) is 0 Å². The lowest BCUT2D eigenvalue weighted by Crippen LogP contribution is -2.29. The summed E-state index contributed by atoms with van der Waals surface area (Å²) in [4.78, 5) is 42.9. The highest BCUT2D eigenvalue weighted by molar-refractivity contribution is 7.46. The molecule has 0 fully saturated rings. The zero-order valence-corrected chi connectivity index (χ0v) is 37.4. The van der Waals surface area contributed by atoms with Crippen LogP contribution in [0.25, 0.3) is 0 Å². The van der Waals surface area contributed by atoms with Crippen molar-refractivity contribution in [2.24, 2.45) is 0 Å². The summed E-state index contributed by atoms with van der Waals surface area (Å²) in [6, 6.07) is 0. The number of unbranched alkanes of at least 4 members (excludes halogenated alkanes) is 30. The number of phosphoric acid groups is 1. The van der Waals surface area contributed by atoms with Gasteiger partial charge in [0.1, 0.15) is 6.61 Å². The van der Waals surface area contributed by atoms with Gasteiger partial charge in [-0.2, -0.15) is 0 Å². The van der Waals surface area contributed by atoms with Crippen molar-refractivity contribution in [3.63, 3.8) is 0 Å². The predicted octanol–water partition coefficient (Wildman–Crippen LogP) is 14.7. The van der Waals surface area contributed by atoms with Crippen molar-refractivity contribution in [2.75, 3.05) is 13.2 Å². The average Bonchev–Trinajstić information content (AvgIpc) is 3.17. The highest BCUT2D eigenvalue weighted by atomic mass is 31.2. The molecule has 0 bridgehead atoms. The quantitative estimate of drug-likeness (QED) is 0.0270. The van der Waals surface area contributed by atoms with Crippen LogP contribution in [0.1, 0.15) is 245 Å². The van der Waals surface area contributed by atoms with E-state index in [1.165, 1.54) is 167 Å². The fourth-order valence-electron chi connectivity index (χ4n) is 6.93. The third kappa shape index (κ3) is 45.2. The number of rotatable bonds is 44. The molecule has 0 radical (unpaired) electrons. The third-order valence-corrected chi connectivity index (χ3v) is 11.0. The van der Waals surface area contributed by atoms with Gasteiger partial charge >= 0.3 is 19.8 Å². The minimum absolute atomic E-state index is 0.172. The normalized spacial score (nSPS) is 12.6. The van der Waals surface area contributed by atoms with E-state index >= 15 is 0 Å². The van der Waals surface area contributed by atoms with E-state index in [1.54, 1.807) is 0 Å². The van der Waals surface area contributed by atoms with E-state index in [0.717, 1.165) is 44.9 Å². The molecule has 0 saturated carbocycles. The van der Waals surface area contributed by atoms with Crippen LogP contribution in [0.3, 0.4) is 0 Å². The van der Waals surface area contributed by atoms with E-state index < -0.39 is 32.5 Å². The van der Waals surface area contributed by atoms with Gasteiger partial charge in [-0.25, -0.2) is 4.57 Å². The Morgan fingerprint density at radius 1 is 0.464 bits per heavy atom. The van der Waals surface area contributed by atoms with Gasteiger partial charge < -0.3 is 19.3 Å². The van der Waals surface area contributed by atoms with Crippen molar-refractivity contribution in [3.05, 3.63) is 24.3 Å². The first kappa shape index (κ1) is 54.5. The molecule has 2 N–H and O–H groups in total. The second kappa shape index (κ2) is 43.1. The summed E-state index contributed by atoms with van der Waals surface area (Å²) in [5, 5.41) is 0. The Balaban J connectivity index is 3.82. The molecule has 330 valence electrons. The Morgan fingerprint density at radius 2 is 0.804 bits per heavy atom. The van der Waals surface area contributed by atoms with Crippen molar-refractivity contribution in [3.8, 4) is 0 Å². The average molecular weight is 813 g/mol. The molecule has 0 unspecified atom stereocenters. The second-order valence-corrected chi connectivity index (χ2v) is 17.3. The number of allylic oxidation sites excluding steroid dienone is 4. The molecule has 9 heteroatoms. The molecule has 0 aliphatic carbocycles. The highest BCUT2D eigenvalue weighted by Gasteiger charge is 2.22.